The number of nitrogens with zero attached hydrogens (tertiary/aromatic N) is 3. The molecule has 3 rings (SSSR count). The average Bonchev–Trinajstić information content (AvgIpc) is 3.09. The maximum atomic E-state index is 12.5. The predicted molar refractivity (Wildman–Crippen MR) is 103 cm³/mol. The molecule has 0 unspecified atom stereocenters. The molecule has 1 aromatic rings. The predicted octanol–water partition coefficient (Wildman–Crippen LogP) is 4.09. The highest BCUT2D eigenvalue weighted by Crippen LogP contribution is 2.35. The quantitative estimate of drug-likeness (QED) is 0.837. The molecule has 1 aromatic heterocycles. The fourth-order valence-electron chi connectivity index (χ4n) is 4.24. The molecule has 1 N–H and O–H groups in total. The Morgan fingerprint density at radius 3 is 2.38 bits per heavy atom. The number of hydrogen-bond acceptors (Lipinski definition) is 5. The van der Waals surface area contributed by atoms with Crippen molar-refractivity contribution in [2.45, 2.75) is 96.1 Å². The molecule has 1 aliphatic carbocycles. The van der Waals surface area contributed by atoms with Gasteiger partial charge >= 0.3 is 0 Å². The van der Waals surface area contributed by atoms with Gasteiger partial charge in [0.05, 0.1) is 0 Å². The van der Waals surface area contributed by atoms with E-state index in [1.165, 1.54) is 49.9 Å². The first-order valence-electron chi connectivity index (χ1n) is 9.99. The van der Waals surface area contributed by atoms with Crippen LogP contribution in [0.3, 0.4) is 0 Å². The lowest BCUT2D eigenvalue weighted by molar-refractivity contribution is -0.138. The summed E-state index contributed by atoms with van der Waals surface area (Å²) in [5.74, 6) is 0.428. The third-order valence-electron chi connectivity index (χ3n) is 5.69. The Balaban J connectivity index is 1.46. The zero-order valence-corrected chi connectivity index (χ0v) is 16.7. The van der Waals surface area contributed by atoms with Crippen LogP contribution in [0.15, 0.2) is 0 Å². The number of rotatable bonds is 5. The second kappa shape index (κ2) is 8.93. The number of amides is 2. The van der Waals surface area contributed by atoms with Gasteiger partial charge in [0.2, 0.25) is 16.9 Å². The van der Waals surface area contributed by atoms with E-state index in [0.717, 1.165) is 17.8 Å². The number of piperidine rings is 1. The van der Waals surface area contributed by atoms with E-state index in [4.69, 9.17) is 0 Å². The highest BCUT2D eigenvalue weighted by Gasteiger charge is 2.29. The molecule has 1 saturated carbocycles. The fraction of sp³-hybridized carbons (Fsp3) is 0.789. The summed E-state index contributed by atoms with van der Waals surface area (Å²) in [5.41, 5.74) is 0. The van der Waals surface area contributed by atoms with Gasteiger partial charge in [-0.1, -0.05) is 30.6 Å². The van der Waals surface area contributed by atoms with Gasteiger partial charge in [-0.05, 0) is 46.0 Å². The molecule has 7 heteroatoms. The third kappa shape index (κ3) is 4.81. The molecule has 0 radical (unpaired) electrons. The standard InChI is InChI=1S/C19H30N4O2S/c1-13-7-6-8-14(2)23(13)17(25)12-11-16(24)20-19-22-21-18(26-19)15-9-4-3-5-10-15/h13-15H,3-12H2,1-2H3,(H,20,22,24)/t13-,14+. The van der Waals surface area contributed by atoms with Crippen LogP contribution in [0.25, 0.3) is 0 Å². The Morgan fingerprint density at radius 1 is 1.00 bits per heavy atom. The maximum absolute atomic E-state index is 12.5. The van der Waals surface area contributed by atoms with Crippen molar-refractivity contribution >= 4 is 28.3 Å². The van der Waals surface area contributed by atoms with Crippen molar-refractivity contribution < 1.29 is 9.59 Å². The van der Waals surface area contributed by atoms with Crippen LogP contribution in [-0.4, -0.2) is 39.0 Å². The van der Waals surface area contributed by atoms with E-state index in [0.29, 0.717) is 11.0 Å². The van der Waals surface area contributed by atoms with Crippen molar-refractivity contribution in [1.82, 2.24) is 15.1 Å². The minimum absolute atomic E-state index is 0.0833. The van der Waals surface area contributed by atoms with Gasteiger partial charge in [0.1, 0.15) is 5.01 Å². The van der Waals surface area contributed by atoms with Crippen molar-refractivity contribution in [3.63, 3.8) is 0 Å². The zero-order chi connectivity index (χ0) is 18.5. The van der Waals surface area contributed by atoms with Crippen LogP contribution in [0.5, 0.6) is 0 Å². The lowest BCUT2D eigenvalue weighted by atomic mass is 9.90. The molecule has 2 fully saturated rings. The highest BCUT2D eigenvalue weighted by atomic mass is 32.1. The van der Waals surface area contributed by atoms with E-state index in [1.807, 2.05) is 4.90 Å². The summed E-state index contributed by atoms with van der Waals surface area (Å²) in [7, 11) is 0. The maximum Gasteiger partial charge on any atom is 0.226 e. The largest absolute Gasteiger partial charge is 0.337 e. The van der Waals surface area contributed by atoms with E-state index in [-0.39, 0.29) is 36.7 Å². The van der Waals surface area contributed by atoms with Gasteiger partial charge in [-0.2, -0.15) is 0 Å². The number of nitrogens with one attached hydrogen (secondary N) is 1. The number of anilines is 1. The topological polar surface area (TPSA) is 75.2 Å². The molecular weight excluding hydrogens is 348 g/mol. The molecular formula is C19H30N4O2S. The molecule has 144 valence electrons. The Kier molecular flexibility index (Phi) is 6.62. The highest BCUT2D eigenvalue weighted by molar-refractivity contribution is 7.15. The third-order valence-corrected chi connectivity index (χ3v) is 6.69. The van der Waals surface area contributed by atoms with Crippen LogP contribution in [0, 0.1) is 0 Å². The van der Waals surface area contributed by atoms with Crippen LogP contribution in [-0.2, 0) is 9.59 Å². The van der Waals surface area contributed by atoms with Gasteiger partial charge in [0.25, 0.3) is 0 Å². The Hall–Kier alpha value is -1.50. The minimum Gasteiger partial charge on any atom is -0.337 e. The molecule has 2 atom stereocenters. The van der Waals surface area contributed by atoms with E-state index < -0.39 is 0 Å². The fourth-order valence-corrected chi connectivity index (χ4v) is 5.17. The van der Waals surface area contributed by atoms with Gasteiger partial charge in [0.15, 0.2) is 0 Å². The van der Waals surface area contributed by atoms with E-state index in [9.17, 15) is 9.59 Å². The Labute approximate surface area is 159 Å². The number of carbonyl (C=O) groups excluding carboxylic acids is 2. The smallest absolute Gasteiger partial charge is 0.226 e. The summed E-state index contributed by atoms with van der Waals surface area (Å²) in [4.78, 5) is 26.7. The molecule has 2 heterocycles. The van der Waals surface area contributed by atoms with E-state index >= 15 is 0 Å². The lowest BCUT2D eigenvalue weighted by Crippen LogP contribution is -2.47. The molecule has 1 saturated heterocycles. The molecule has 6 nitrogen and oxygen atoms in total. The van der Waals surface area contributed by atoms with Crippen molar-refractivity contribution in [2.75, 3.05) is 5.32 Å². The number of carbonyl (C=O) groups is 2. The van der Waals surface area contributed by atoms with Crippen molar-refractivity contribution in [1.29, 1.82) is 0 Å². The van der Waals surface area contributed by atoms with Gasteiger partial charge in [-0.15, -0.1) is 10.2 Å². The van der Waals surface area contributed by atoms with E-state index in [2.05, 4.69) is 29.4 Å². The molecule has 0 aromatic carbocycles. The number of hydrogen-bond donors (Lipinski definition) is 1. The summed E-state index contributed by atoms with van der Waals surface area (Å²) < 4.78 is 0. The summed E-state index contributed by atoms with van der Waals surface area (Å²) in [6.07, 6.45) is 9.89. The lowest BCUT2D eigenvalue weighted by Gasteiger charge is -2.39. The van der Waals surface area contributed by atoms with Crippen LogP contribution in [0.2, 0.25) is 0 Å². The second-order valence-electron chi connectivity index (χ2n) is 7.76. The summed E-state index contributed by atoms with van der Waals surface area (Å²) in [6.45, 7) is 4.20. The Morgan fingerprint density at radius 2 is 1.69 bits per heavy atom. The number of likely N-dealkylation sites (tertiary alicyclic amines) is 1. The number of aromatic nitrogens is 2. The SMILES string of the molecule is C[C@@H]1CCC[C@H](C)N1C(=O)CCC(=O)Nc1nnc(C2CCCCC2)s1. The molecule has 0 spiro atoms. The van der Waals surface area contributed by atoms with Crippen LogP contribution in [0.1, 0.15) is 89.0 Å². The van der Waals surface area contributed by atoms with Crippen LogP contribution < -0.4 is 5.32 Å². The average molecular weight is 379 g/mol. The summed E-state index contributed by atoms with van der Waals surface area (Å²) in [5, 5.41) is 12.8. The summed E-state index contributed by atoms with van der Waals surface area (Å²) in [6, 6.07) is 0.547. The molecule has 1 aliphatic heterocycles. The first-order valence-corrected chi connectivity index (χ1v) is 10.8. The van der Waals surface area contributed by atoms with E-state index in [1.54, 1.807) is 0 Å². The Bertz CT molecular complexity index is 617. The minimum atomic E-state index is -0.151. The van der Waals surface area contributed by atoms with Gasteiger partial charge in [0, 0.05) is 30.8 Å². The molecule has 2 amide bonds. The molecule has 26 heavy (non-hydrogen) atoms. The molecule has 0 bridgehead atoms. The second-order valence-corrected chi connectivity index (χ2v) is 8.77. The first-order chi connectivity index (χ1) is 12.5. The van der Waals surface area contributed by atoms with Crippen molar-refractivity contribution in [3.8, 4) is 0 Å². The van der Waals surface area contributed by atoms with Gasteiger partial charge < -0.3 is 10.2 Å². The molecule has 2 aliphatic rings. The van der Waals surface area contributed by atoms with Crippen LogP contribution in [0.4, 0.5) is 5.13 Å². The van der Waals surface area contributed by atoms with Crippen molar-refractivity contribution in [2.24, 2.45) is 0 Å². The van der Waals surface area contributed by atoms with Crippen molar-refractivity contribution in [3.05, 3.63) is 5.01 Å². The zero-order valence-electron chi connectivity index (χ0n) is 15.9. The normalized spacial score (nSPS) is 24.5. The summed E-state index contributed by atoms with van der Waals surface area (Å²) >= 11 is 1.48. The first kappa shape index (κ1) is 19.3. The van der Waals surface area contributed by atoms with Crippen LogP contribution >= 0.6 is 11.3 Å². The van der Waals surface area contributed by atoms with Gasteiger partial charge in [-0.25, -0.2) is 0 Å². The monoisotopic (exact) mass is 378 g/mol. The van der Waals surface area contributed by atoms with Gasteiger partial charge in [-0.3, -0.25) is 9.59 Å².